The molecule has 2 aromatic carbocycles. The van der Waals surface area contributed by atoms with Gasteiger partial charge in [-0.15, -0.1) is 0 Å². The van der Waals surface area contributed by atoms with E-state index in [2.05, 4.69) is 65.6 Å². The molecule has 0 unspecified atom stereocenters. The lowest BCUT2D eigenvalue weighted by molar-refractivity contribution is 0.107. The third-order valence-electron chi connectivity index (χ3n) is 4.75. The number of β-amino-alcohol motifs (C(OH)–C–C–N with tert-alkyl or cyclic N) is 1. The average Bonchev–Trinajstić information content (AvgIpc) is 2.59. The summed E-state index contributed by atoms with van der Waals surface area (Å²) in [6.45, 7) is 2.12. The summed E-state index contributed by atoms with van der Waals surface area (Å²) in [5, 5.41) is 9.42. The van der Waals surface area contributed by atoms with Crippen molar-refractivity contribution in [3.05, 3.63) is 71.8 Å². The standard InChI is InChI=1S/C20H25NO/c22-16-15-21-14-8-7-13-19(21)20(17-9-3-1-4-10-17)18-11-5-2-6-12-18/h1-6,9-12,19-20,22H,7-8,13-16H2/t19-/m1/s1. The van der Waals surface area contributed by atoms with Crippen LogP contribution < -0.4 is 0 Å². The van der Waals surface area contributed by atoms with Gasteiger partial charge in [-0.3, -0.25) is 4.90 Å². The average molecular weight is 295 g/mol. The lowest BCUT2D eigenvalue weighted by Gasteiger charge is -2.40. The Labute approximate surface area is 133 Å². The molecule has 1 saturated heterocycles. The second-order valence-corrected chi connectivity index (χ2v) is 6.12. The monoisotopic (exact) mass is 295 g/mol. The normalized spacial score (nSPS) is 19.5. The van der Waals surface area contributed by atoms with Crippen LogP contribution in [0.5, 0.6) is 0 Å². The smallest absolute Gasteiger partial charge is 0.0558 e. The number of aliphatic hydroxyl groups is 1. The third kappa shape index (κ3) is 3.40. The molecule has 0 radical (unpaired) electrons. The van der Waals surface area contributed by atoms with Gasteiger partial charge in [-0.2, -0.15) is 0 Å². The summed E-state index contributed by atoms with van der Waals surface area (Å²) in [7, 11) is 0. The van der Waals surface area contributed by atoms with Crippen molar-refractivity contribution < 1.29 is 5.11 Å². The molecule has 0 bridgehead atoms. The molecular formula is C20H25NO. The quantitative estimate of drug-likeness (QED) is 0.910. The van der Waals surface area contributed by atoms with Crippen molar-refractivity contribution in [1.82, 2.24) is 4.90 Å². The molecule has 1 heterocycles. The summed E-state index contributed by atoms with van der Waals surface area (Å²) in [5.41, 5.74) is 2.76. The predicted octanol–water partition coefficient (Wildman–Crippen LogP) is 3.67. The highest BCUT2D eigenvalue weighted by atomic mass is 16.3. The van der Waals surface area contributed by atoms with E-state index in [0.29, 0.717) is 12.0 Å². The number of hydrogen-bond donors (Lipinski definition) is 1. The molecule has 1 atom stereocenters. The van der Waals surface area contributed by atoms with E-state index in [1.807, 2.05) is 0 Å². The fourth-order valence-corrected chi connectivity index (χ4v) is 3.76. The van der Waals surface area contributed by atoms with Gasteiger partial charge < -0.3 is 5.11 Å². The first-order valence-corrected chi connectivity index (χ1v) is 8.35. The fourth-order valence-electron chi connectivity index (χ4n) is 3.76. The Hall–Kier alpha value is -1.64. The van der Waals surface area contributed by atoms with Crippen LogP contribution in [0.15, 0.2) is 60.7 Å². The number of benzene rings is 2. The van der Waals surface area contributed by atoms with Gasteiger partial charge in [0.15, 0.2) is 0 Å². The summed E-state index contributed by atoms with van der Waals surface area (Å²) >= 11 is 0. The minimum absolute atomic E-state index is 0.243. The first-order valence-electron chi connectivity index (χ1n) is 8.35. The number of aliphatic hydroxyl groups excluding tert-OH is 1. The molecule has 0 aliphatic carbocycles. The highest BCUT2D eigenvalue weighted by molar-refractivity contribution is 5.34. The molecule has 2 heteroatoms. The van der Waals surface area contributed by atoms with Crippen molar-refractivity contribution >= 4 is 0 Å². The van der Waals surface area contributed by atoms with E-state index in [0.717, 1.165) is 13.1 Å². The molecule has 1 fully saturated rings. The van der Waals surface area contributed by atoms with Crippen LogP contribution >= 0.6 is 0 Å². The lowest BCUT2D eigenvalue weighted by atomic mass is 9.80. The number of nitrogens with zero attached hydrogens (tertiary/aromatic N) is 1. The largest absolute Gasteiger partial charge is 0.395 e. The summed E-state index contributed by atoms with van der Waals surface area (Å²) < 4.78 is 0. The Balaban J connectivity index is 1.97. The lowest BCUT2D eigenvalue weighted by Crippen LogP contribution is -2.44. The zero-order chi connectivity index (χ0) is 15.2. The van der Waals surface area contributed by atoms with Crippen molar-refractivity contribution in [3.63, 3.8) is 0 Å². The molecule has 1 aliphatic rings. The molecule has 116 valence electrons. The van der Waals surface area contributed by atoms with Gasteiger partial charge in [0.25, 0.3) is 0 Å². The molecular weight excluding hydrogens is 270 g/mol. The Morgan fingerprint density at radius 1 is 0.909 bits per heavy atom. The number of likely N-dealkylation sites (tertiary alicyclic amines) is 1. The van der Waals surface area contributed by atoms with Crippen molar-refractivity contribution in [2.24, 2.45) is 0 Å². The topological polar surface area (TPSA) is 23.5 Å². The first-order chi connectivity index (χ1) is 10.9. The van der Waals surface area contributed by atoms with Gasteiger partial charge in [0, 0.05) is 18.5 Å². The van der Waals surface area contributed by atoms with Crippen molar-refractivity contribution in [2.45, 2.75) is 31.2 Å². The summed E-state index contributed by atoms with van der Waals surface area (Å²) in [6.07, 6.45) is 3.73. The molecule has 0 saturated carbocycles. The van der Waals surface area contributed by atoms with E-state index in [1.54, 1.807) is 0 Å². The summed E-state index contributed by atoms with van der Waals surface area (Å²) in [6, 6.07) is 22.1. The van der Waals surface area contributed by atoms with Gasteiger partial charge in [0.2, 0.25) is 0 Å². The minimum atomic E-state index is 0.243. The van der Waals surface area contributed by atoms with Gasteiger partial charge in [-0.05, 0) is 30.5 Å². The summed E-state index contributed by atoms with van der Waals surface area (Å²) in [4.78, 5) is 2.48. The van der Waals surface area contributed by atoms with Crippen molar-refractivity contribution in [1.29, 1.82) is 0 Å². The third-order valence-corrected chi connectivity index (χ3v) is 4.75. The Bertz CT molecular complexity index is 513. The Kier molecular flexibility index (Phi) is 5.25. The van der Waals surface area contributed by atoms with Crippen LogP contribution in [0, 0.1) is 0 Å². The zero-order valence-electron chi connectivity index (χ0n) is 13.1. The first kappa shape index (κ1) is 15.3. The number of rotatable bonds is 5. The number of hydrogen-bond acceptors (Lipinski definition) is 2. The van der Waals surface area contributed by atoms with Crippen LogP contribution in [0.3, 0.4) is 0 Å². The van der Waals surface area contributed by atoms with E-state index in [1.165, 1.54) is 30.4 Å². The maximum Gasteiger partial charge on any atom is 0.0558 e. The van der Waals surface area contributed by atoms with Crippen LogP contribution in [0.4, 0.5) is 0 Å². The molecule has 0 aromatic heterocycles. The van der Waals surface area contributed by atoms with Crippen molar-refractivity contribution in [2.75, 3.05) is 19.7 Å². The van der Waals surface area contributed by atoms with Gasteiger partial charge in [-0.1, -0.05) is 67.1 Å². The van der Waals surface area contributed by atoms with Crippen LogP contribution in [0.25, 0.3) is 0 Å². The molecule has 2 nitrogen and oxygen atoms in total. The maximum atomic E-state index is 9.42. The fraction of sp³-hybridized carbons (Fsp3) is 0.400. The minimum Gasteiger partial charge on any atom is -0.395 e. The van der Waals surface area contributed by atoms with E-state index in [-0.39, 0.29) is 6.61 Å². The highest BCUT2D eigenvalue weighted by Gasteiger charge is 2.31. The van der Waals surface area contributed by atoms with Crippen LogP contribution in [-0.2, 0) is 0 Å². The molecule has 0 spiro atoms. The second kappa shape index (κ2) is 7.57. The van der Waals surface area contributed by atoms with E-state index in [4.69, 9.17) is 0 Å². The highest BCUT2D eigenvalue weighted by Crippen LogP contribution is 2.35. The molecule has 1 aliphatic heterocycles. The second-order valence-electron chi connectivity index (χ2n) is 6.12. The van der Waals surface area contributed by atoms with Crippen LogP contribution in [-0.4, -0.2) is 35.7 Å². The SMILES string of the molecule is OCCN1CCCC[C@@H]1C(c1ccccc1)c1ccccc1. The molecule has 1 N–H and O–H groups in total. The van der Waals surface area contributed by atoms with Crippen LogP contribution in [0.2, 0.25) is 0 Å². The van der Waals surface area contributed by atoms with Gasteiger partial charge in [-0.25, -0.2) is 0 Å². The zero-order valence-corrected chi connectivity index (χ0v) is 13.1. The molecule has 2 aromatic rings. The van der Waals surface area contributed by atoms with E-state index >= 15 is 0 Å². The molecule has 22 heavy (non-hydrogen) atoms. The molecule has 0 amide bonds. The van der Waals surface area contributed by atoms with Gasteiger partial charge >= 0.3 is 0 Å². The van der Waals surface area contributed by atoms with Gasteiger partial charge in [0.05, 0.1) is 6.61 Å². The van der Waals surface area contributed by atoms with Crippen LogP contribution in [0.1, 0.15) is 36.3 Å². The molecule has 3 rings (SSSR count). The predicted molar refractivity (Wildman–Crippen MR) is 91.0 cm³/mol. The Morgan fingerprint density at radius 3 is 2.05 bits per heavy atom. The Morgan fingerprint density at radius 2 is 1.50 bits per heavy atom. The summed E-state index contributed by atoms with van der Waals surface area (Å²) in [5.74, 6) is 0.384. The van der Waals surface area contributed by atoms with E-state index in [9.17, 15) is 5.11 Å². The maximum absolute atomic E-state index is 9.42. The van der Waals surface area contributed by atoms with Gasteiger partial charge in [0.1, 0.15) is 0 Å². The van der Waals surface area contributed by atoms with Crippen molar-refractivity contribution in [3.8, 4) is 0 Å². The van der Waals surface area contributed by atoms with E-state index < -0.39 is 0 Å². The number of piperidine rings is 1.